The van der Waals surface area contributed by atoms with E-state index >= 15 is 0 Å². The number of rotatable bonds is 5. The first-order valence-electron chi connectivity index (χ1n) is 8.14. The maximum absolute atomic E-state index is 13.1. The maximum atomic E-state index is 13.1. The number of hydrogen-bond donors (Lipinski definition) is 1. The minimum absolute atomic E-state index is 0.00902. The van der Waals surface area contributed by atoms with E-state index in [2.05, 4.69) is 20.9 Å². The molecule has 24 heavy (non-hydrogen) atoms. The van der Waals surface area contributed by atoms with Crippen LogP contribution >= 0.6 is 15.9 Å². The zero-order chi connectivity index (χ0) is 17.4. The van der Waals surface area contributed by atoms with E-state index in [1.807, 2.05) is 43.0 Å². The molecule has 1 saturated carbocycles. The molecule has 1 aromatic carbocycles. The minimum atomic E-state index is -0.0226. The number of aromatic nitrogens is 1. The lowest BCUT2D eigenvalue weighted by Gasteiger charge is -2.22. The summed E-state index contributed by atoms with van der Waals surface area (Å²) in [5.74, 6) is -0.0316. The van der Waals surface area contributed by atoms with Crippen molar-refractivity contribution in [2.24, 2.45) is 0 Å². The van der Waals surface area contributed by atoms with Crippen LogP contribution < -0.4 is 0 Å². The Morgan fingerprint density at radius 1 is 1.29 bits per heavy atom. The van der Waals surface area contributed by atoms with Gasteiger partial charge in [-0.05, 0) is 56.9 Å². The van der Waals surface area contributed by atoms with Crippen molar-refractivity contribution in [1.82, 2.24) is 9.88 Å². The highest BCUT2D eigenvalue weighted by Gasteiger charge is 2.35. The van der Waals surface area contributed by atoms with Gasteiger partial charge in [-0.3, -0.25) is 9.59 Å². The van der Waals surface area contributed by atoms with Crippen molar-refractivity contribution in [2.75, 3.05) is 0 Å². The van der Waals surface area contributed by atoms with Gasteiger partial charge in [-0.25, -0.2) is 0 Å². The van der Waals surface area contributed by atoms with E-state index in [0.717, 1.165) is 34.1 Å². The summed E-state index contributed by atoms with van der Waals surface area (Å²) in [5, 5.41) is 0. The highest BCUT2D eigenvalue weighted by Crippen LogP contribution is 2.31. The third-order valence-corrected chi connectivity index (χ3v) is 4.99. The van der Waals surface area contributed by atoms with Crippen molar-refractivity contribution < 1.29 is 9.59 Å². The molecule has 126 valence electrons. The highest BCUT2D eigenvalue weighted by atomic mass is 79.9. The van der Waals surface area contributed by atoms with Crippen LogP contribution in [0.25, 0.3) is 0 Å². The van der Waals surface area contributed by atoms with E-state index in [9.17, 15) is 9.59 Å². The number of nitrogens with zero attached hydrogens (tertiary/aromatic N) is 1. The van der Waals surface area contributed by atoms with Crippen molar-refractivity contribution in [2.45, 2.75) is 46.2 Å². The lowest BCUT2D eigenvalue weighted by molar-refractivity contribution is 0.0723. The molecule has 1 aromatic heterocycles. The molecule has 0 atom stereocenters. The highest BCUT2D eigenvalue weighted by molar-refractivity contribution is 9.10. The van der Waals surface area contributed by atoms with Gasteiger partial charge in [-0.15, -0.1) is 0 Å². The van der Waals surface area contributed by atoms with Gasteiger partial charge in [-0.2, -0.15) is 0 Å². The molecule has 0 unspecified atom stereocenters. The number of benzene rings is 1. The number of Topliss-reactive ketones (excluding diaryl/α,β-unsaturated/α-hetero) is 1. The largest absolute Gasteiger partial charge is 0.354 e. The Labute approximate surface area is 150 Å². The van der Waals surface area contributed by atoms with Gasteiger partial charge in [0.25, 0.3) is 5.91 Å². The molecule has 1 heterocycles. The molecular formula is C19H21BrN2O2. The number of carbonyl (C=O) groups excluding carboxylic acids is 2. The molecule has 0 bridgehead atoms. The van der Waals surface area contributed by atoms with Crippen molar-refractivity contribution >= 4 is 27.6 Å². The Bertz CT molecular complexity index is 806. The van der Waals surface area contributed by atoms with E-state index < -0.39 is 0 Å². The molecule has 0 aliphatic heterocycles. The fraction of sp³-hybridized carbons (Fsp3) is 0.368. The molecular weight excluding hydrogens is 368 g/mol. The summed E-state index contributed by atoms with van der Waals surface area (Å²) >= 11 is 3.48. The average molecular weight is 389 g/mol. The molecule has 4 nitrogen and oxygen atoms in total. The first kappa shape index (κ1) is 17.0. The summed E-state index contributed by atoms with van der Waals surface area (Å²) in [7, 11) is 0. The molecule has 2 aromatic rings. The first-order chi connectivity index (χ1) is 11.4. The van der Waals surface area contributed by atoms with Crippen LogP contribution in [0.4, 0.5) is 0 Å². The summed E-state index contributed by atoms with van der Waals surface area (Å²) in [6, 6.07) is 8.31. The quantitative estimate of drug-likeness (QED) is 0.771. The van der Waals surface area contributed by atoms with Gasteiger partial charge >= 0.3 is 0 Å². The van der Waals surface area contributed by atoms with Crippen LogP contribution in [-0.2, 0) is 6.54 Å². The molecule has 0 spiro atoms. The number of halogens is 1. The molecule has 1 N–H and O–H groups in total. The normalized spacial score (nSPS) is 13.8. The smallest absolute Gasteiger partial charge is 0.271 e. The van der Waals surface area contributed by atoms with Crippen LogP contribution in [-0.4, -0.2) is 27.6 Å². The number of carbonyl (C=O) groups is 2. The van der Waals surface area contributed by atoms with Crippen molar-refractivity contribution in [3.8, 4) is 0 Å². The van der Waals surface area contributed by atoms with Gasteiger partial charge in [0, 0.05) is 28.3 Å². The summed E-state index contributed by atoms with van der Waals surface area (Å²) in [5.41, 5.74) is 3.79. The number of hydrogen-bond acceptors (Lipinski definition) is 2. The lowest BCUT2D eigenvalue weighted by atomic mass is 10.1. The second-order valence-electron chi connectivity index (χ2n) is 6.48. The van der Waals surface area contributed by atoms with Crippen LogP contribution in [0, 0.1) is 13.8 Å². The number of aryl methyl sites for hydroxylation is 1. The van der Waals surface area contributed by atoms with Crippen LogP contribution in [0.2, 0.25) is 0 Å². The van der Waals surface area contributed by atoms with Crippen LogP contribution in [0.3, 0.4) is 0 Å². The van der Waals surface area contributed by atoms with E-state index in [1.165, 1.54) is 6.92 Å². The minimum Gasteiger partial charge on any atom is -0.354 e. The van der Waals surface area contributed by atoms with Crippen LogP contribution in [0.5, 0.6) is 0 Å². The lowest BCUT2D eigenvalue weighted by Crippen LogP contribution is -2.33. The SMILES string of the molecule is CC(=O)c1c(C)[nH]c(C(=O)N(Cc2cccc(Br)c2)C2CC2)c1C. The monoisotopic (exact) mass is 388 g/mol. The standard InChI is InChI=1S/C19H21BrN2O2/c1-11-17(13(3)23)12(2)21-18(11)19(24)22(16-7-8-16)10-14-5-4-6-15(20)9-14/h4-6,9,16,21H,7-8,10H2,1-3H3. The Balaban J connectivity index is 1.91. The molecule has 3 rings (SSSR count). The first-order valence-corrected chi connectivity index (χ1v) is 8.93. The Hall–Kier alpha value is -1.88. The average Bonchev–Trinajstić information content (AvgIpc) is 3.29. The van der Waals surface area contributed by atoms with Crippen LogP contribution in [0.1, 0.15) is 57.4 Å². The van der Waals surface area contributed by atoms with Crippen molar-refractivity contribution in [1.29, 1.82) is 0 Å². The Morgan fingerprint density at radius 3 is 2.54 bits per heavy atom. The molecule has 1 amide bonds. The third-order valence-electron chi connectivity index (χ3n) is 4.49. The summed E-state index contributed by atoms with van der Waals surface area (Å²) in [4.78, 5) is 30.0. The molecule has 5 heteroatoms. The second-order valence-corrected chi connectivity index (χ2v) is 7.39. The molecule has 0 radical (unpaired) electrons. The van der Waals surface area contributed by atoms with Crippen molar-refractivity contribution in [3.63, 3.8) is 0 Å². The van der Waals surface area contributed by atoms with Gasteiger partial charge < -0.3 is 9.88 Å². The summed E-state index contributed by atoms with van der Waals surface area (Å²) < 4.78 is 1.01. The maximum Gasteiger partial charge on any atom is 0.271 e. The van der Waals surface area contributed by atoms with Gasteiger partial charge in [0.15, 0.2) is 5.78 Å². The van der Waals surface area contributed by atoms with E-state index in [1.54, 1.807) is 0 Å². The molecule has 1 aliphatic rings. The molecule has 0 saturated heterocycles. The number of ketones is 1. The summed E-state index contributed by atoms with van der Waals surface area (Å²) in [6.45, 7) is 5.81. The second kappa shape index (κ2) is 6.55. The van der Waals surface area contributed by atoms with Gasteiger partial charge in [0.2, 0.25) is 0 Å². The fourth-order valence-electron chi connectivity index (χ4n) is 3.22. The van der Waals surface area contributed by atoms with E-state index in [0.29, 0.717) is 23.8 Å². The van der Waals surface area contributed by atoms with Gasteiger partial charge in [0.1, 0.15) is 5.69 Å². The predicted molar refractivity (Wildman–Crippen MR) is 97.3 cm³/mol. The van der Waals surface area contributed by atoms with Gasteiger partial charge in [-0.1, -0.05) is 28.1 Å². The number of H-pyrrole nitrogens is 1. The summed E-state index contributed by atoms with van der Waals surface area (Å²) in [6.07, 6.45) is 2.08. The Morgan fingerprint density at radius 2 is 2.00 bits per heavy atom. The topological polar surface area (TPSA) is 53.2 Å². The van der Waals surface area contributed by atoms with Gasteiger partial charge in [0.05, 0.1) is 0 Å². The fourth-order valence-corrected chi connectivity index (χ4v) is 3.67. The van der Waals surface area contributed by atoms with Crippen LogP contribution in [0.15, 0.2) is 28.7 Å². The van der Waals surface area contributed by atoms with E-state index in [-0.39, 0.29) is 11.7 Å². The Kier molecular flexibility index (Phi) is 4.63. The molecule has 1 fully saturated rings. The number of aromatic amines is 1. The van der Waals surface area contributed by atoms with E-state index in [4.69, 9.17) is 0 Å². The number of amides is 1. The zero-order valence-electron chi connectivity index (χ0n) is 14.1. The molecule has 1 aliphatic carbocycles. The third kappa shape index (κ3) is 3.31. The number of nitrogens with one attached hydrogen (secondary N) is 1. The predicted octanol–water partition coefficient (Wildman–Crippen LogP) is 4.40. The zero-order valence-corrected chi connectivity index (χ0v) is 15.7. The van der Waals surface area contributed by atoms with Crippen molar-refractivity contribution in [3.05, 3.63) is 56.8 Å².